The van der Waals surface area contributed by atoms with Crippen LogP contribution < -0.4 is 5.32 Å². The van der Waals surface area contributed by atoms with E-state index in [9.17, 15) is 0 Å². The molecular formula is C12H14BrN3. The second-order valence-corrected chi connectivity index (χ2v) is 4.55. The summed E-state index contributed by atoms with van der Waals surface area (Å²) in [5.41, 5.74) is 1.27. The summed E-state index contributed by atoms with van der Waals surface area (Å²) >= 11 is 3.48. The van der Waals surface area contributed by atoms with Gasteiger partial charge in [0.1, 0.15) is 5.82 Å². The van der Waals surface area contributed by atoms with Crippen LogP contribution in [-0.2, 0) is 13.1 Å². The number of rotatable bonds is 4. The van der Waals surface area contributed by atoms with Gasteiger partial charge in [0.25, 0.3) is 0 Å². The first-order valence-electron chi connectivity index (χ1n) is 5.18. The van der Waals surface area contributed by atoms with E-state index < -0.39 is 0 Å². The van der Waals surface area contributed by atoms with Crippen LogP contribution in [0.25, 0.3) is 0 Å². The van der Waals surface area contributed by atoms with Gasteiger partial charge in [0, 0.05) is 23.4 Å². The zero-order chi connectivity index (χ0) is 11.4. The van der Waals surface area contributed by atoms with Gasteiger partial charge in [-0.05, 0) is 24.7 Å². The Morgan fingerprint density at radius 2 is 2.31 bits per heavy atom. The molecule has 1 aromatic heterocycles. The van der Waals surface area contributed by atoms with Crippen LogP contribution in [0.15, 0.2) is 41.1 Å². The van der Waals surface area contributed by atoms with Crippen LogP contribution >= 0.6 is 15.9 Å². The Labute approximate surface area is 104 Å². The Kier molecular flexibility index (Phi) is 3.74. The smallest absolute Gasteiger partial charge is 0.122 e. The molecule has 0 aliphatic heterocycles. The maximum absolute atomic E-state index is 4.31. The Hall–Kier alpha value is -1.13. The van der Waals surface area contributed by atoms with Gasteiger partial charge in [0.05, 0.1) is 6.54 Å². The monoisotopic (exact) mass is 279 g/mol. The first-order chi connectivity index (χ1) is 7.79. The molecule has 0 amide bonds. The van der Waals surface area contributed by atoms with Gasteiger partial charge in [-0.2, -0.15) is 0 Å². The second kappa shape index (κ2) is 5.27. The molecule has 0 spiro atoms. The predicted octanol–water partition coefficient (Wildman–Crippen LogP) is 2.41. The second-order valence-electron chi connectivity index (χ2n) is 3.63. The summed E-state index contributed by atoms with van der Waals surface area (Å²) in [7, 11) is 1.93. The molecule has 2 aromatic rings. The van der Waals surface area contributed by atoms with Crippen molar-refractivity contribution in [3.8, 4) is 0 Å². The van der Waals surface area contributed by atoms with Crippen LogP contribution in [0.1, 0.15) is 11.4 Å². The lowest BCUT2D eigenvalue weighted by Gasteiger charge is -2.07. The van der Waals surface area contributed by atoms with Gasteiger partial charge < -0.3 is 9.88 Å². The fourth-order valence-electron chi connectivity index (χ4n) is 1.64. The molecule has 0 bridgehead atoms. The van der Waals surface area contributed by atoms with Gasteiger partial charge in [-0.25, -0.2) is 4.98 Å². The third-order valence-corrected chi connectivity index (χ3v) is 2.87. The molecular weight excluding hydrogens is 266 g/mol. The molecule has 1 heterocycles. The van der Waals surface area contributed by atoms with Gasteiger partial charge in [0.15, 0.2) is 0 Å². The number of hydrogen-bond acceptors (Lipinski definition) is 2. The fraction of sp³-hybridized carbons (Fsp3) is 0.250. The van der Waals surface area contributed by atoms with E-state index in [1.54, 1.807) is 0 Å². The van der Waals surface area contributed by atoms with Crippen molar-refractivity contribution in [3.63, 3.8) is 0 Å². The summed E-state index contributed by atoms with van der Waals surface area (Å²) in [6.07, 6.45) is 3.85. The highest BCUT2D eigenvalue weighted by molar-refractivity contribution is 9.10. The summed E-state index contributed by atoms with van der Waals surface area (Å²) < 4.78 is 3.26. The fourth-order valence-corrected chi connectivity index (χ4v) is 2.09. The minimum absolute atomic E-state index is 0.793. The average Bonchev–Trinajstić information content (AvgIpc) is 2.66. The van der Waals surface area contributed by atoms with E-state index in [1.165, 1.54) is 5.56 Å². The quantitative estimate of drug-likeness (QED) is 0.932. The molecule has 1 aromatic carbocycles. The first kappa shape index (κ1) is 11.4. The molecule has 16 heavy (non-hydrogen) atoms. The first-order valence-corrected chi connectivity index (χ1v) is 5.98. The largest absolute Gasteiger partial charge is 0.329 e. The number of hydrogen-bond donors (Lipinski definition) is 1. The number of halogens is 1. The molecule has 4 heteroatoms. The minimum atomic E-state index is 0.793. The number of imidazole rings is 1. The molecule has 0 saturated carbocycles. The number of benzene rings is 1. The summed E-state index contributed by atoms with van der Waals surface area (Å²) in [4.78, 5) is 4.31. The van der Waals surface area contributed by atoms with E-state index in [0.717, 1.165) is 23.4 Å². The summed E-state index contributed by atoms with van der Waals surface area (Å²) in [6.45, 7) is 1.65. The molecule has 0 atom stereocenters. The molecule has 1 N–H and O–H groups in total. The van der Waals surface area contributed by atoms with Crippen molar-refractivity contribution in [2.45, 2.75) is 13.1 Å². The van der Waals surface area contributed by atoms with Crippen molar-refractivity contribution in [3.05, 3.63) is 52.5 Å². The number of aromatic nitrogens is 2. The van der Waals surface area contributed by atoms with E-state index in [0.29, 0.717) is 0 Å². The van der Waals surface area contributed by atoms with Crippen LogP contribution in [0, 0.1) is 0 Å². The zero-order valence-electron chi connectivity index (χ0n) is 9.15. The van der Waals surface area contributed by atoms with Crippen LogP contribution in [0.5, 0.6) is 0 Å². The molecule has 0 aliphatic rings. The van der Waals surface area contributed by atoms with Crippen molar-refractivity contribution < 1.29 is 0 Å². The van der Waals surface area contributed by atoms with Gasteiger partial charge in [-0.3, -0.25) is 0 Å². The predicted molar refractivity (Wildman–Crippen MR) is 68.2 cm³/mol. The topological polar surface area (TPSA) is 29.9 Å². The lowest BCUT2D eigenvalue weighted by atomic mass is 10.2. The van der Waals surface area contributed by atoms with E-state index >= 15 is 0 Å². The molecule has 3 nitrogen and oxygen atoms in total. The van der Waals surface area contributed by atoms with Crippen molar-refractivity contribution in [2.75, 3.05) is 7.05 Å². The molecule has 0 fully saturated rings. The average molecular weight is 280 g/mol. The lowest BCUT2D eigenvalue weighted by Crippen LogP contribution is -2.12. The third kappa shape index (κ3) is 2.71. The third-order valence-electron chi connectivity index (χ3n) is 2.38. The van der Waals surface area contributed by atoms with E-state index in [4.69, 9.17) is 0 Å². The molecule has 0 radical (unpaired) electrons. The van der Waals surface area contributed by atoms with Gasteiger partial charge in [-0.15, -0.1) is 0 Å². The summed E-state index contributed by atoms with van der Waals surface area (Å²) in [6, 6.07) is 8.33. The van der Waals surface area contributed by atoms with Crippen LogP contribution in [0.2, 0.25) is 0 Å². The van der Waals surface area contributed by atoms with E-state index in [2.05, 4.69) is 42.9 Å². The lowest BCUT2D eigenvalue weighted by molar-refractivity contribution is 0.673. The Morgan fingerprint density at radius 3 is 3.06 bits per heavy atom. The highest BCUT2D eigenvalue weighted by Gasteiger charge is 2.02. The van der Waals surface area contributed by atoms with E-state index in [-0.39, 0.29) is 0 Å². The maximum atomic E-state index is 4.31. The van der Waals surface area contributed by atoms with Crippen molar-refractivity contribution in [1.29, 1.82) is 0 Å². The van der Waals surface area contributed by atoms with Crippen molar-refractivity contribution >= 4 is 15.9 Å². The minimum Gasteiger partial charge on any atom is -0.329 e. The zero-order valence-corrected chi connectivity index (χ0v) is 10.7. The van der Waals surface area contributed by atoms with Crippen LogP contribution in [0.4, 0.5) is 0 Å². The highest BCUT2D eigenvalue weighted by Crippen LogP contribution is 2.13. The number of nitrogens with zero attached hydrogens (tertiary/aromatic N) is 2. The van der Waals surface area contributed by atoms with E-state index in [1.807, 2.05) is 31.6 Å². The molecule has 2 rings (SSSR count). The van der Waals surface area contributed by atoms with Gasteiger partial charge >= 0.3 is 0 Å². The highest BCUT2D eigenvalue weighted by atomic mass is 79.9. The Morgan fingerprint density at radius 1 is 1.44 bits per heavy atom. The number of nitrogens with one attached hydrogen (secondary N) is 1. The summed E-state index contributed by atoms with van der Waals surface area (Å²) in [5, 5.41) is 3.12. The Bertz CT molecular complexity index is 465. The normalized spacial score (nSPS) is 10.6. The standard InChI is InChI=1S/C12H14BrN3/c1-14-8-12-15-5-6-16(12)9-10-3-2-4-11(13)7-10/h2-7,14H,8-9H2,1H3. The molecule has 0 saturated heterocycles. The van der Waals surface area contributed by atoms with Gasteiger partial charge in [-0.1, -0.05) is 28.1 Å². The SMILES string of the molecule is CNCc1nccn1Cc1cccc(Br)c1. The molecule has 0 aliphatic carbocycles. The van der Waals surface area contributed by atoms with Crippen molar-refractivity contribution in [1.82, 2.24) is 14.9 Å². The molecule has 84 valence electrons. The van der Waals surface area contributed by atoms with Gasteiger partial charge in [0.2, 0.25) is 0 Å². The maximum Gasteiger partial charge on any atom is 0.122 e. The summed E-state index contributed by atoms with van der Waals surface area (Å²) in [5.74, 6) is 1.06. The Balaban J connectivity index is 2.17. The van der Waals surface area contributed by atoms with Crippen LogP contribution in [-0.4, -0.2) is 16.6 Å². The molecule has 0 unspecified atom stereocenters. The van der Waals surface area contributed by atoms with Crippen molar-refractivity contribution in [2.24, 2.45) is 0 Å². The van der Waals surface area contributed by atoms with Crippen LogP contribution in [0.3, 0.4) is 0 Å².